The van der Waals surface area contributed by atoms with Crippen molar-refractivity contribution in [3.05, 3.63) is 48.0 Å². The van der Waals surface area contributed by atoms with Crippen molar-refractivity contribution < 1.29 is 27.5 Å². The number of piperazine rings is 1. The molecule has 0 saturated carbocycles. The van der Waals surface area contributed by atoms with Crippen molar-refractivity contribution >= 4 is 44.3 Å². The number of ether oxygens (including phenoxy) is 1. The molecule has 1 aliphatic heterocycles. The van der Waals surface area contributed by atoms with Gasteiger partial charge in [0.05, 0.1) is 10.2 Å². The van der Waals surface area contributed by atoms with Crippen molar-refractivity contribution in [2.24, 2.45) is 0 Å². The van der Waals surface area contributed by atoms with E-state index in [0.29, 0.717) is 23.3 Å². The summed E-state index contributed by atoms with van der Waals surface area (Å²) >= 11 is 1.02. The lowest BCUT2D eigenvalue weighted by molar-refractivity contribution is -0.274. The summed E-state index contributed by atoms with van der Waals surface area (Å²) in [5.41, 5.74) is 2.24. The molecule has 7 nitrogen and oxygen atoms in total. The smallest absolute Gasteiger partial charge is 0.406 e. The lowest BCUT2D eigenvalue weighted by Crippen LogP contribution is -2.53. The van der Waals surface area contributed by atoms with Crippen LogP contribution in [-0.2, 0) is 4.79 Å². The normalized spacial score (nSPS) is 14.8. The highest BCUT2D eigenvalue weighted by atomic mass is 32.1. The van der Waals surface area contributed by atoms with Crippen LogP contribution in [0.4, 0.5) is 28.8 Å². The predicted molar refractivity (Wildman–Crippen MR) is 110 cm³/mol. The van der Waals surface area contributed by atoms with Gasteiger partial charge in [0.1, 0.15) is 12.3 Å². The molecule has 0 spiro atoms. The van der Waals surface area contributed by atoms with Crippen molar-refractivity contribution in [1.82, 2.24) is 9.88 Å². The van der Waals surface area contributed by atoms with Gasteiger partial charge >= 0.3 is 12.4 Å². The lowest BCUT2D eigenvalue weighted by atomic mass is 10.2. The average molecular weight is 450 g/mol. The molecule has 3 aromatic rings. The Morgan fingerprint density at radius 3 is 2.71 bits per heavy atom. The van der Waals surface area contributed by atoms with E-state index < -0.39 is 12.4 Å². The Kier molecular flexibility index (Phi) is 5.44. The second-order valence-electron chi connectivity index (χ2n) is 6.93. The number of nitrogens with zero attached hydrogens (tertiary/aromatic N) is 3. The number of anilines is 2. The van der Waals surface area contributed by atoms with Gasteiger partial charge in [-0.1, -0.05) is 23.5 Å². The van der Waals surface area contributed by atoms with Crippen molar-refractivity contribution in [1.29, 1.82) is 0 Å². The number of benzene rings is 2. The lowest BCUT2D eigenvalue weighted by Gasteiger charge is -2.34. The van der Waals surface area contributed by atoms with E-state index in [0.717, 1.165) is 28.7 Å². The second kappa shape index (κ2) is 8.06. The van der Waals surface area contributed by atoms with Crippen molar-refractivity contribution in [2.45, 2.75) is 13.3 Å². The van der Waals surface area contributed by atoms with Gasteiger partial charge in [-0.25, -0.2) is 9.78 Å². The zero-order valence-corrected chi connectivity index (χ0v) is 17.1. The SMILES string of the molecule is Cc1cccc(N2CCN(C(=O)Nc3nc4ccc(OC(F)(F)F)cc4s3)CC2=O)c1. The van der Waals surface area contributed by atoms with Gasteiger partial charge in [-0.05, 0) is 36.8 Å². The molecule has 4 rings (SSSR count). The van der Waals surface area contributed by atoms with Gasteiger partial charge < -0.3 is 14.5 Å². The molecular formula is C20H17F3N4O3S. The Bertz CT molecular complexity index is 1150. The first kappa shape index (κ1) is 20.9. The van der Waals surface area contributed by atoms with Crippen molar-refractivity contribution in [2.75, 3.05) is 29.9 Å². The summed E-state index contributed by atoms with van der Waals surface area (Å²) in [5, 5.41) is 2.83. The molecule has 1 N–H and O–H groups in total. The number of amides is 3. The van der Waals surface area contributed by atoms with Gasteiger partial charge in [0, 0.05) is 24.8 Å². The van der Waals surface area contributed by atoms with Gasteiger partial charge in [0.2, 0.25) is 5.91 Å². The fraction of sp³-hybridized carbons (Fsp3) is 0.250. The van der Waals surface area contributed by atoms with E-state index in [9.17, 15) is 22.8 Å². The van der Waals surface area contributed by atoms with Gasteiger partial charge in [0.15, 0.2) is 5.13 Å². The molecule has 0 aliphatic carbocycles. The van der Waals surface area contributed by atoms with Crippen molar-refractivity contribution in [3.8, 4) is 5.75 Å². The minimum absolute atomic E-state index is 0.0890. The topological polar surface area (TPSA) is 74.8 Å². The Hall–Kier alpha value is -3.34. The standard InChI is InChI=1S/C20H17F3N4O3S/c1-12-3-2-4-13(9-12)27-8-7-26(11-17(27)28)19(29)25-18-24-15-6-5-14(10-16(15)31-18)30-20(21,22)23/h2-6,9-10H,7-8,11H2,1H3,(H,24,25,29). The number of hydrogen-bond acceptors (Lipinski definition) is 5. The third-order valence-corrected chi connectivity index (χ3v) is 5.56. The molecule has 162 valence electrons. The van der Waals surface area contributed by atoms with Gasteiger partial charge in [-0.3, -0.25) is 10.1 Å². The molecule has 0 atom stereocenters. The first-order valence-electron chi connectivity index (χ1n) is 9.27. The maximum Gasteiger partial charge on any atom is 0.573 e. The van der Waals surface area contributed by atoms with Crippen molar-refractivity contribution in [3.63, 3.8) is 0 Å². The number of carbonyl (C=O) groups is 2. The average Bonchev–Trinajstić information content (AvgIpc) is 3.08. The van der Waals surface area contributed by atoms with Crippen LogP contribution in [0.2, 0.25) is 0 Å². The number of thiazole rings is 1. The van der Waals surface area contributed by atoms with Crippen LogP contribution < -0.4 is 15.0 Å². The van der Waals surface area contributed by atoms with E-state index in [1.165, 1.54) is 17.0 Å². The number of nitrogens with one attached hydrogen (secondary N) is 1. The van der Waals surface area contributed by atoms with E-state index in [-0.39, 0.29) is 23.3 Å². The Labute approximate surface area is 179 Å². The Morgan fingerprint density at radius 1 is 1.19 bits per heavy atom. The Morgan fingerprint density at radius 2 is 2.00 bits per heavy atom. The van der Waals surface area contributed by atoms with Crippen LogP contribution in [0.25, 0.3) is 10.2 Å². The monoisotopic (exact) mass is 450 g/mol. The first-order valence-corrected chi connectivity index (χ1v) is 10.1. The molecule has 0 bridgehead atoms. The Balaban J connectivity index is 1.41. The highest BCUT2D eigenvalue weighted by Crippen LogP contribution is 2.31. The first-order chi connectivity index (χ1) is 14.7. The number of aryl methyl sites for hydroxylation is 1. The molecule has 1 saturated heterocycles. The van der Waals surface area contributed by atoms with E-state index in [1.807, 2.05) is 31.2 Å². The third kappa shape index (κ3) is 4.88. The summed E-state index contributed by atoms with van der Waals surface area (Å²) in [6.45, 7) is 2.54. The molecule has 2 aromatic carbocycles. The maximum absolute atomic E-state index is 12.6. The molecule has 0 radical (unpaired) electrons. The number of rotatable bonds is 3. The minimum atomic E-state index is -4.79. The summed E-state index contributed by atoms with van der Waals surface area (Å²) < 4.78 is 41.5. The summed E-state index contributed by atoms with van der Waals surface area (Å²) in [6, 6.07) is 10.8. The fourth-order valence-corrected chi connectivity index (χ4v) is 4.13. The quantitative estimate of drug-likeness (QED) is 0.643. The zero-order chi connectivity index (χ0) is 22.2. The van der Waals surface area contributed by atoms with E-state index in [2.05, 4.69) is 15.0 Å². The fourth-order valence-electron chi connectivity index (χ4n) is 3.24. The van der Waals surface area contributed by atoms with E-state index in [4.69, 9.17) is 0 Å². The largest absolute Gasteiger partial charge is 0.573 e. The molecule has 2 heterocycles. The second-order valence-corrected chi connectivity index (χ2v) is 7.96. The molecule has 3 amide bonds. The van der Waals surface area contributed by atoms with Gasteiger partial charge in [-0.15, -0.1) is 13.2 Å². The highest BCUT2D eigenvalue weighted by Gasteiger charge is 2.31. The summed E-state index contributed by atoms with van der Waals surface area (Å²) in [7, 11) is 0. The van der Waals surface area contributed by atoms with Crippen LogP contribution in [0.15, 0.2) is 42.5 Å². The molecule has 1 aromatic heterocycles. The van der Waals surface area contributed by atoms with Crippen LogP contribution in [0.3, 0.4) is 0 Å². The summed E-state index contributed by atoms with van der Waals surface area (Å²) in [6.07, 6.45) is -4.79. The third-order valence-electron chi connectivity index (χ3n) is 4.63. The maximum atomic E-state index is 12.6. The molecule has 1 aliphatic rings. The predicted octanol–water partition coefficient (Wildman–Crippen LogP) is 4.38. The van der Waals surface area contributed by atoms with Gasteiger partial charge in [0.25, 0.3) is 0 Å². The highest BCUT2D eigenvalue weighted by molar-refractivity contribution is 7.22. The molecule has 0 unspecified atom stereocenters. The number of hydrogen-bond donors (Lipinski definition) is 1. The van der Waals surface area contributed by atoms with Gasteiger partial charge in [-0.2, -0.15) is 0 Å². The molecule has 11 heteroatoms. The summed E-state index contributed by atoms with van der Waals surface area (Å²) in [5.74, 6) is -0.565. The number of halogens is 3. The summed E-state index contributed by atoms with van der Waals surface area (Å²) in [4.78, 5) is 32.3. The number of fused-ring (bicyclic) bond motifs is 1. The molecular weight excluding hydrogens is 433 g/mol. The molecule has 1 fully saturated rings. The van der Waals surface area contributed by atoms with Crippen LogP contribution in [0.5, 0.6) is 5.75 Å². The minimum Gasteiger partial charge on any atom is -0.406 e. The number of aromatic nitrogens is 1. The molecule has 31 heavy (non-hydrogen) atoms. The number of urea groups is 1. The van der Waals surface area contributed by atoms with E-state index in [1.54, 1.807) is 4.90 Å². The van der Waals surface area contributed by atoms with Crippen LogP contribution in [0.1, 0.15) is 5.56 Å². The van der Waals surface area contributed by atoms with Crippen LogP contribution >= 0.6 is 11.3 Å². The number of carbonyl (C=O) groups excluding carboxylic acids is 2. The number of alkyl halides is 3. The zero-order valence-electron chi connectivity index (χ0n) is 16.3. The van der Waals surface area contributed by atoms with E-state index >= 15 is 0 Å². The van der Waals surface area contributed by atoms with Crippen LogP contribution in [-0.4, -0.2) is 47.8 Å². The van der Waals surface area contributed by atoms with Crippen LogP contribution in [0, 0.1) is 6.92 Å².